The van der Waals surface area contributed by atoms with Gasteiger partial charge in [0.15, 0.2) is 5.96 Å². The number of nitro benzene ring substituents is 1. The molecule has 1 aromatic rings. The molecule has 0 aliphatic rings. The van der Waals surface area contributed by atoms with Crippen molar-refractivity contribution in [1.29, 1.82) is 0 Å². The van der Waals surface area contributed by atoms with Crippen molar-refractivity contribution >= 4 is 35.6 Å². The molecule has 0 fully saturated rings. The average molecular weight is 436 g/mol. The minimum absolute atomic E-state index is 0. The maximum absolute atomic E-state index is 10.6. The van der Waals surface area contributed by atoms with Crippen molar-refractivity contribution in [3.63, 3.8) is 0 Å². The molecular weight excluding hydrogens is 411 g/mol. The molecule has 1 unspecified atom stereocenters. The van der Waals surface area contributed by atoms with Crippen LogP contribution in [0.5, 0.6) is 0 Å². The van der Waals surface area contributed by atoms with Crippen molar-refractivity contribution in [1.82, 2.24) is 5.32 Å². The number of rotatable bonds is 9. The highest BCUT2D eigenvalue weighted by atomic mass is 127. The van der Waals surface area contributed by atoms with Crippen molar-refractivity contribution in [2.75, 3.05) is 20.3 Å². The molecule has 7 nitrogen and oxygen atoms in total. The summed E-state index contributed by atoms with van der Waals surface area (Å²) >= 11 is 0. The summed E-state index contributed by atoms with van der Waals surface area (Å²) in [5.41, 5.74) is 6.98. The third-order valence-electron chi connectivity index (χ3n) is 3.11. The lowest BCUT2D eigenvalue weighted by atomic mass is 10.1. The van der Waals surface area contributed by atoms with Crippen LogP contribution in [0.15, 0.2) is 29.3 Å². The molecule has 0 heterocycles. The molecule has 3 N–H and O–H groups in total. The Bertz CT molecular complexity index is 494. The minimum Gasteiger partial charge on any atom is -0.383 e. The van der Waals surface area contributed by atoms with Gasteiger partial charge in [-0.3, -0.25) is 15.1 Å². The highest BCUT2D eigenvalue weighted by molar-refractivity contribution is 14.0. The number of aliphatic imine (C=N–C) groups is 1. The van der Waals surface area contributed by atoms with Crippen LogP contribution in [0.1, 0.15) is 25.3 Å². The summed E-state index contributed by atoms with van der Waals surface area (Å²) in [6, 6.07) is 6.79. The number of aryl methyl sites for hydroxylation is 1. The average Bonchev–Trinajstić information content (AvgIpc) is 2.47. The van der Waals surface area contributed by atoms with Crippen LogP contribution in [0.25, 0.3) is 0 Å². The van der Waals surface area contributed by atoms with Crippen LogP contribution < -0.4 is 11.1 Å². The van der Waals surface area contributed by atoms with Crippen LogP contribution >= 0.6 is 24.0 Å². The summed E-state index contributed by atoms with van der Waals surface area (Å²) in [7, 11) is 1.64. The number of nitrogens with zero attached hydrogens (tertiary/aromatic N) is 2. The summed E-state index contributed by atoms with van der Waals surface area (Å²) in [5, 5.41) is 13.6. The van der Waals surface area contributed by atoms with E-state index in [1.165, 1.54) is 12.1 Å². The number of hydrogen-bond acceptors (Lipinski definition) is 4. The van der Waals surface area contributed by atoms with Crippen LogP contribution in [0.2, 0.25) is 0 Å². The lowest BCUT2D eigenvalue weighted by molar-refractivity contribution is -0.384. The molecule has 8 heteroatoms. The predicted octanol–water partition coefficient (Wildman–Crippen LogP) is 2.47. The van der Waals surface area contributed by atoms with E-state index in [0.29, 0.717) is 19.1 Å². The smallest absolute Gasteiger partial charge is 0.269 e. The van der Waals surface area contributed by atoms with Gasteiger partial charge in [0.2, 0.25) is 0 Å². The van der Waals surface area contributed by atoms with E-state index in [9.17, 15) is 10.1 Å². The normalized spacial score (nSPS) is 12.3. The zero-order valence-electron chi connectivity index (χ0n) is 13.5. The summed E-state index contributed by atoms with van der Waals surface area (Å²) in [6.45, 7) is 3.21. The Morgan fingerprint density at radius 2 is 2.04 bits per heavy atom. The molecule has 0 spiro atoms. The highest BCUT2D eigenvalue weighted by Gasteiger charge is 2.04. The third kappa shape index (κ3) is 9.34. The van der Waals surface area contributed by atoms with Gasteiger partial charge in [0.05, 0.1) is 11.5 Å². The Kier molecular flexibility index (Phi) is 11.3. The monoisotopic (exact) mass is 436 g/mol. The van der Waals surface area contributed by atoms with Crippen LogP contribution in [0.3, 0.4) is 0 Å². The molecule has 1 rings (SSSR count). The van der Waals surface area contributed by atoms with Gasteiger partial charge >= 0.3 is 0 Å². The second-order valence-corrected chi connectivity index (χ2v) is 5.15. The first-order chi connectivity index (χ1) is 10.5. The fourth-order valence-electron chi connectivity index (χ4n) is 2.01. The largest absolute Gasteiger partial charge is 0.383 e. The lowest BCUT2D eigenvalue weighted by Crippen LogP contribution is -2.40. The molecule has 23 heavy (non-hydrogen) atoms. The number of nitrogens with one attached hydrogen (secondary N) is 1. The van der Waals surface area contributed by atoms with Gasteiger partial charge in [0, 0.05) is 31.8 Å². The second kappa shape index (κ2) is 12.1. The first-order valence-corrected chi connectivity index (χ1v) is 7.31. The van der Waals surface area contributed by atoms with Gasteiger partial charge in [-0.25, -0.2) is 0 Å². The van der Waals surface area contributed by atoms with Crippen LogP contribution in [0.4, 0.5) is 5.69 Å². The van der Waals surface area contributed by atoms with Crippen molar-refractivity contribution in [2.45, 2.75) is 32.2 Å². The van der Waals surface area contributed by atoms with Gasteiger partial charge in [-0.05, 0) is 31.7 Å². The van der Waals surface area contributed by atoms with Gasteiger partial charge < -0.3 is 15.8 Å². The van der Waals surface area contributed by atoms with E-state index in [-0.39, 0.29) is 35.7 Å². The van der Waals surface area contributed by atoms with E-state index < -0.39 is 4.92 Å². The molecule has 0 bridgehead atoms. The highest BCUT2D eigenvalue weighted by Crippen LogP contribution is 2.13. The number of non-ortho nitro benzene ring substituents is 1. The molecule has 0 aliphatic heterocycles. The van der Waals surface area contributed by atoms with Gasteiger partial charge in [-0.1, -0.05) is 12.1 Å². The molecule has 1 aromatic carbocycles. The van der Waals surface area contributed by atoms with Crippen molar-refractivity contribution < 1.29 is 9.66 Å². The molecule has 130 valence electrons. The first-order valence-electron chi connectivity index (χ1n) is 7.31. The topological polar surface area (TPSA) is 103 Å². The number of methoxy groups -OCH3 is 1. The van der Waals surface area contributed by atoms with Gasteiger partial charge in [-0.2, -0.15) is 0 Å². The zero-order chi connectivity index (χ0) is 16.4. The molecule has 0 aromatic heterocycles. The maximum Gasteiger partial charge on any atom is 0.269 e. The summed E-state index contributed by atoms with van der Waals surface area (Å²) in [6.07, 6.45) is 2.75. The number of hydrogen-bond donors (Lipinski definition) is 2. The Labute approximate surface area is 153 Å². The summed E-state index contributed by atoms with van der Waals surface area (Å²) < 4.78 is 5.00. The number of nitrogens with two attached hydrogens (primary N) is 1. The molecule has 0 aliphatic carbocycles. The van der Waals surface area contributed by atoms with Crippen molar-refractivity contribution in [3.05, 3.63) is 39.9 Å². The predicted molar refractivity (Wildman–Crippen MR) is 102 cm³/mol. The Balaban J connectivity index is 0.00000484. The molecular formula is C15H25IN4O3. The Morgan fingerprint density at radius 3 is 2.61 bits per heavy atom. The molecule has 0 saturated heterocycles. The van der Waals surface area contributed by atoms with E-state index in [2.05, 4.69) is 10.3 Å². The number of nitro groups is 1. The number of halogens is 1. The third-order valence-corrected chi connectivity index (χ3v) is 3.11. The standard InChI is InChI=1S/C15H24N4O3.HI/c1-12(11-22-2)18-15(16)17-10-4-3-5-13-6-8-14(9-7-13)19(20)21;/h6-9,12H,3-5,10-11H2,1-2H3,(H3,16,17,18);1H. The van der Waals surface area contributed by atoms with Crippen molar-refractivity contribution in [3.8, 4) is 0 Å². The van der Waals surface area contributed by atoms with E-state index >= 15 is 0 Å². The van der Waals surface area contributed by atoms with E-state index in [1.807, 2.05) is 6.92 Å². The number of benzene rings is 1. The van der Waals surface area contributed by atoms with Gasteiger partial charge in [-0.15, -0.1) is 24.0 Å². The summed E-state index contributed by atoms with van der Waals surface area (Å²) in [4.78, 5) is 14.4. The van der Waals surface area contributed by atoms with Gasteiger partial charge in [0.25, 0.3) is 5.69 Å². The Hall–Kier alpha value is -1.42. The van der Waals surface area contributed by atoms with E-state index in [0.717, 1.165) is 24.8 Å². The fourth-order valence-corrected chi connectivity index (χ4v) is 2.01. The number of unbranched alkanes of at least 4 members (excludes halogenated alkanes) is 1. The first kappa shape index (κ1) is 21.6. The number of guanidine groups is 1. The molecule has 0 radical (unpaired) electrons. The minimum atomic E-state index is -0.390. The fraction of sp³-hybridized carbons (Fsp3) is 0.533. The SMILES string of the molecule is COCC(C)NC(N)=NCCCCc1ccc([N+](=O)[O-])cc1.I. The van der Waals surface area contributed by atoms with Gasteiger partial charge in [0.1, 0.15) is 0 Å². The lowest BCUT2D eigenvalue weighted by Gasteiger charge is -2.12. The van der Waals surface area contributed by atoms with Crippen LogP contribution in [-0.2, 0) is 11.2 Å². The second-order valence-electron chi connectivity index (χ2n) is 5.15. The number of ether oxygens (including phenoxy) is 1. The Morgan fingerprint density at radius 1 is 1.39 bits per heavy atom. The molecule has 1 atom stereocenters. The summed E-state index contributed by atoms with van der Waals surface area (Å²) in [5.74, 6) is 0.430. The van der Waals surface area contributed by atoms with Crippen LogP contribution in [0, 0.1) is 10.1 Å². The maximum atomic E-state index is 10.6. The van der Waals surface area contributed by atoms with E-state index in [1.54, 1.807) is 19.2 Å². The molecule has 0 amide bonds. The van der Waals surface area contributed by atoms with Crippen molar-refractivity contribution in [2.24, 2.45) is 10.7 Å². The van der Waals surface area contributed by atoms with Crippen LogP contribution in [-0.4, -0.2) is 37.2 Å². The molecule has 0 saturated carbocycles. The van der Waals surface area contributed by atoms with E-state index in [4.69, 9.17) is 10.5 Å². The quantitative estimate of drug-likeness (QED) is 0.155. The zero-order valence-corrected chi connectivity index (χ0v) is 15.9.